The van der Waals surface area contributed by atoms with Gasteiger partial charge in [0, 0.05) is 5.41 Å². The van der Waals surface area contributed by atoms with Crippen LogP contribution in [0.15, 0.2) is 29.3 Å². The van der Waals surface area contributed by atoms with Crippen molar-refractivity contribution in [2.75, 3.05) is 0 Å². The topological polar surface area (TPSA) is 0 Å². The zero-order valence-corrected chi connectivity index (χ0v) is 12.8. The van der Waals surface area contributed by atoms with E-state index in [1.807, 2.05) is 0 Å². The quantitative estimate of drug-likeness (QED) is 0.579. The number of rotatable bonds is 1. The second kappa shape index (κ2) is 4.51. The van der Waals surface area contributed by atoms with Gasteiger partial charge >= 0.3 is 0 Å². The highest BCUT2D eigenvalue weighted by Gasteiger charge is 2.38. The second-order valence-corrected chi connectivity index (χ2v) is 7.02. The van der Waals surface area contributed by atoms with E-state index in [9.17, 15) is 0 Å². The van der Waals surface area contributed by atoms with Crippen molar-refractivity contribution in [3.8, 4) is 0 Å². The van der Waals surface area contributed by atoms with Gasteiger partial charge in [0.25, 0.3) is 0 Å². The number of benzene rings is 1. The van der Waals surface area contributed by atoms with E-state index in [1.54, 1.807) is 22.3 Å². The lowest BCUT2D eigenvalue weighted by Gasteiger charge is -2.43. The van der Waals surface area contributed by atoms with Crippen molar-refractivity contribution in [1.82, 2.24) is 0 Å². The summed E-state index contributed by atoms with van der Waals surface area (Å²) in [6.45, 7) is 9.43. The third-order valence-electron chi connectivity index (χ3n) is 5.44. The molecule has 0 aromatic heterocycles. The predicted octanol–water partition coefficient (Wildman–Crippen LogP) is 5.51. The van der Waals surface area contributed by atoms with Crippen LogP contribution in [0.25, 0.3) is 0 Å². The summed E-state index contributed by atoms with van der Waals surface area (Å²) in [6, 6.07) is 7.27. The lowest BCUT2D eigenvalue weighted by Crippen LogP contribution is -2.33. The fourth-order valence-electron chi connectivity index (χ4n) is 4.24. The minimum absolute atomic E-state index is 0.339. The molecule has 2 aliphatic carbocycles. The molecule has 0 aliphatic heterocycles. The highest BCUT2D eigenvalue weighted by molar-refractivity contribution is 5.49. The molecule has 0 heteroatoms. The monoisotopic (exact) mass is 254 g/mol. The van der Waals surface area contributed by atoms with Crippen LogP contribution in [0.1, 0.15) is 76.0 Å². The standard InChI is InChI=1S/C19H26/c1-13(2)15-7-10-18-16(12-15)8-9-17-14(3)6-5-11-19(17,18)4/h7,10,12-13H,5-6,8-9,11H2,1-4H3/t19-/m0/s1. The highest BCUT2D eigenvalue weighted by atomic mass is 14.4. The Morgan fingerprint density at radius 1 is 1.11 bits per heavy atom. The molecular weight excluding hydrogens is 228 g/mol. The summed E-state index contributed by atoms with van der Waals surface area (Å²) in [7, 11) is 0. The van der Waals surface area contributed by atoms with Crippen LogP contribution in [0.4, 0.5) is 0 Å². The minimum atomic E-state index is 0.339. The first-order valence-corrected chi connectivity index (χ1v) is 7.85. The average molecular weight is 254 g/mol. The molecule has 0 spiro atoms. The number of allylic oxidation sites excluding steroid dienone is 2. The number of fused-ring (bicyclic) bond motifs is 3. The third-order valence-corrected chi connectivity index (χ3v) is 5.44. The molecule has 1 aromatic carbocycles. The molecule has 1 aromatic rings. The molecule has 0 fully saturated rings. The highest BCUT2D eigenvalue weighted by Crippen LogP contribution is 2.49. The van der Waals surface area contributed by atoms with E-state index in [-0.39, 0.29) is 0 Å². The van der Waals surface area contributed by atoms with E-state index in [0.717, 1.165) is 0 Å². The summed E-state index contributed by atoms with van der Waals surface area (Å²) in [5.74, 6) is 0.642. The molecule has 2 aliphatic rings. The van der Waals surface area contributed by atoms with Crippen LogP contribution in [-0.2, 0) is 11.8 Å². The first-order chi connectivity index (χ1) is 9.02. The molecule has 0 heterocycles. The zero-order chi connectivity index (χ0) is 13.6. The molecule has 0 radical (unpaired) electrons. The zero-order valence-electron chi connectivity index (χ0n) is 12.8. The molecule has 0 unspecified atom stereocenters. The third kappa shape index (κ3) is 1.96. The number of hydrogen-bond acceptors (Lipinski definition) is 0. The SMILES string of the molecule is CC1=C2CCc3cc(C(C)C)ccc3[C@@]2(C)CCC1. The van der Waals surface area contributed by atoms with Crippen LogP contribution in [0.3, 0.4) is 0 Å². The Bertz CT molecular complexity index is 533. The maximum atomic E-state index is 2.48. The summed E-state index contributed by atoms with van der Waals surface area (Å²) < 4.78 is 0. The van der Waals surface area contributed by atoms with Crippen LogP contribution in [-0.4, -0.2) is 0 Å². The van der Waals surface area contributed by atoms with Crippen LogP contribution in [0.2, 0.25) is 0 Å². The van der Waals surface area contributed by atoms with E-state index in [2.05, 4.69) is 45.9 Å². The Labute approximate surface area is 117 Å². The fraction of sp³-hybridized carbons (Fsp3) is 0.579. The largest absolute Gasteiger partial charge is 0.0732 e. The molecule has 0 N–H and O–H groups in total. The summed E-state index contributed by atoms with van der Waals surface area (Å²) in [5, 5.41) is 0. The Morgan fingerprint density at radius 3 is 2.63 bits per heavy atom. The molecule has 0 nitrogen and oxygen atoms in total. The van der Waals surface area contributed by atoms with E-state index in [4.69, 9.17) is 0 Å². The van der Waals surface area contributed by atoms with Gasteiger partial charge in [-0.3, -0.25) is 0 Å². The van der Waals surface area contributed by atoms with Crippen molar-refractivity contribution >= 4 is 0 Å². The molecule has 1 atom stereocenters. The Balaban J connectivity index is 2.12. The normalized spacial score (nSPS) is 26.4. The fourth-order valence-corrected chi connectivity index (χ4v) is 4.24. The van der Waals surface area contributed by atoms with Crippen LogP contribution in [0.5, 0.6) is 0 Å². The molecule has 3 rings (SSSR count). The van der Waals surface area contributed by atoms with Gasteiger partial charge in [-0.1, -0.05) is 50.1 Å². The molecule has 0 bridgehead atoms. The van der Waals surface area contributed by atoms with Gasteiger partial charge in [-0.2, -0.15) is 0 Å². The smallest absolute Gasteiger partial charge is 0.0139 e. The summed E-state index contributed by atoms with van der Waals surface area (Å²) in [4.78, 5) is 0. The molecule has 102 valence electrons. The van der Waals surface area contributed by atoms with Crippen LogP contribution >= 0.6 is 0 Å². The summed E-state index contributed by atoms with van der Waals surface area (Å²) >= 11 is 0. The van der Waals surface area contributed by atoms with E-state index in [0.29, 0.717) is 11.3 Å². The predicted molar refractivity (Wildman–Crippen MR) is 82.8 cm³/mol. The van der Waals surface area contributed by atoms with Gasteiger partial charge in [-0.05, 0) is 61.6 Å². The minimum Gasteiger partial charge on any atom is -0.0732 e. The Kier molecular flexibility index (Phi) is 3.08. The van der Waals surface area contributed by atoms with E-state index >= 15 is 0 Å². The van der Waals surface area contributed by atoms with Gasteiger partial charge < -0.3 is 0 Å². The van der Waals surface area contributed by atoms with Crippen molar-refractivity contribution in [2.24, 2.45) is 0 Å². The maximum absolute atomic E-state index is 2.48. The molecule has 0 amide bonds. The van der Waals surface area contributed by atoms with Crippen molar-refractivity contribution < 1.29 is 0 Å². The van der Waals surface area contributed by atoms with E-state index in [1.165, 1.54) is 37.7 Å². The molecular formula is C19H26. The summed E-state index contributed by atoms with van der Waals surface area (Å²) in [5.41, 5.74) is 8.51. The Hall–Kier alpha value is -1.04. The van der Waals surface area contributed by atoms with Gasteiger partial charge in [-0.15, -0.1) is 0 Å². The maximum Gasteiger partial charge on any atom is 0.0139 e. The van der Waals surface area contributed by atoms with Gasteiger partial charge in [0.05, 0.1) is 0 Å². The van der Waals surface area contributed by atoms with Gasteiger partial charge in [0.1, 0.15) is 0 Å². The van der Waals surface area contributed by atoms with Crippen molar-refractivity contribution in [2.45, 2.75) is 71.1 Å². The molecule has 0 saturated heterocycles. The Morgan fingerprint density at radius 2 is 1.89 bits per heavy atom. The number of aryl methyl sites for hydroxylation is 1. The van der Waals surface area contributed by atoms with Gasteiger partial charge in [0.2, 0.25) is 0 Å². The van der Waals surface area contributed by atoms with Crippen molar-refractivity contribution in [3.05, 3.63) is 46.0 Å². The lowest BCUT2D eigenvalue weighted by atomic mass is 9.61. The van der Waals surface area contributed by atoms with Crippen molar-refractivity contribution in [1.29, 1.82) is 0 Å². The molecule has 0 saturated carbocycles. The average Bonchev–Trinajstić information content (AvgIpc) is 2.38. The second-order valence-electron chi connectivity index (χ2n) is 7.02. The van der Waals surface area contributed by atoms with E-state index < -0.39 is 0 Å². The first-order valence-electron chi connectivity index (χ1n) is 7.85. The van der Waals surface area contributed by atoms with Crippen molar-refractivity contribution in [3.63, 3.8) is 0 Å². The number of hydrogen-bond donors (Lipinski definition) is 0. The summed E-state index contributed by atoms with van der Waals surface area (Å²) in [6.07, 6.45) is 6.56. The lowest BCUT2D eigenvalue weighted by molar-refractivity contribution is 0.419. The van der Waals surface area contributed by atoms with Crippen LogP contribution < -0.4 is 0 Å². The molecule has 19 heavy (non-hydrogen) atoms. The van der Waals surface area contributed by atoms with Gasteiger partial charge in [-0.25, -0.2) is 0 Å². The van der Waals surface area contributed by atoms with Gasteiger partial charge in [0.15, 0.2) is 0 Å². The van der Waals surface area contributed by atoms with Crippen LogP contribution in [0, 0.1) is 0 Å². The first kappa shape index (κ1) is 13.0.